The van der Waals surface area contributed by atoms with Crippen molar-refractivity contribution in [3.63, 3.8) is 0 Å². The molecule has 2 atom stereocenters. The van der Waals surface area contributed by atoms with E-state index in [0.717, 1.165) is 16.3 Å². The van der Waals surface area contributed by atoms with Crippen LogP contribution in [0.2, 0.25) is 0 Å². The highest BCUT2D eigenvalue weighted by Gasteiger charge is 2.32. The van der Waals surface area contributed by atoms with Crippen molar-refractivity contribution in [2.45, 2.75) is 25.2 Å². The summed E-state index contributed by atoms with van der Waals surface area (Å²) in [5, 5.41) is 31.2. The minimum atomic E-state index is -0.878. The van der Waals surface area contributed by atoms with Crippen molar-refractivity contribution < 1.29 is 15.3 Å². The second kappa shape index (κ2) is 3.81. The summed E-state index contributed by atoms with van der Waals surface area (Å²) in [6.07, 6.45) is -1.19. The molecule has 0 radical (unpaired) electrons. The highest BCUT2D eigenvalue weighted by molar-refractivity contribution is 5.88. The molecular weight excluding hydrogens is 216 g/mol. The lowest BCUT2D eigenvalue weighted by molar-refractivity contribution is 0.0317. The summed E-state index contributed by atoms with van der Waals surface area (Å²) in [5.74, 6) is 0. The van der Waals surface area contributed by atoms with Gasteiger partial charge in [-0.2, -0.15) is 0 Å². The van der Waals surface area contributed by atoms with Gasteiger partial charge in [0.25, 0.3) is 0 Å². The van der Waals surface area contributed by atoms with Crippen LogP contribution in [-0.4, -0.2) is 21.4 Å². The summed E-state index contributed by atoms with van der Waals surface area (Å²) in [4.78, 5) is 0. The van der Waals surface area contributed by atoms with Gasteiger partial charge in [-0.25, -0.2) is 0 Å². The normalized spacial score (nSPS) is 23.0. The van der Waals surface area contributed by atoms with Crippen LogP contribution in [0.4, 0.5) is 0 Å². The number of aliphatic hydroxyl groups excluding tert-OH is 3. The quantitative estimate of drug-likeness (QED) is 0.691. The number of benzene rings is 2. The Bertz CT molecular complexity index is 577. The van der Waals surface area contributed by atoms with Crippen molar-refractivity contribution in [2.75, 3.05) is 0 Å². The van der Waals surface area contributed by atoms with Crippen LogP contribution in [0.15, 0.2) is 30.3 Å². The van der Waals surface area contributed by atoms with Crippen LogP contribution in [0, 0.1) is 0 Å². The van der Waals surface area contributed by atoms with Gasteiger partial charge in [0.15, 0.2) is 0 Å². The first-order chi connectivity index (χ1) is 8.22. The Morgan fingerprint density at radius 2 is 1.94 bits per heavy atom. The molecule has 0 saturated carbocycles. The first kappa shape index (κ1) is 10.7. The van der Waals surface area contributed by atoms with Crippen molar-refractivity contribution in [1.82, 2.24) is 0 Å². The molecule has 3 nitrogen and oxygen atoms in total. The molecular formula is C14H14O3. The van der Waals surface area contributed by atoms with E-state index < -0.39 is 12.2 Å². The molecule has 17 heavy (non-hydrogen) atoms. The molecule has 88 valence electrons. The third kappa shape index (κ3) is 1.47. The molecule has 3 N–H and O–H groups in total. The van der Waals surface area contributed by atoms with Crippen LogP contribution in [0.25, 0.3) is 10.8 Å². The Hall–Kier alpha value is -1.42. The highest BCUT2D eigenvalue weighted by atomic mass is 16.3. The van der Waals surface area contributed by atoms with Gasteiger partial charge in [0.2, 0.25) is 0 Å². The molecule has 0 aromatic heterocycles. The Morgan fingerprint density at radius 3 is 2.71 bits per heavy atom. The van der Waals surface area contributed by atoms with E-state index in [1.165, 1.54) is 0 Å². The minimum absolute atomic E-state index is 0.114. The van der Waals surface area contributed by atoms with E-state index in [0.29, 0.717) is 17.5 Å². The molecule has 0 aliphatic heterocycles. The average Bonchev–Trinajstić information content (AvgIpc) is 2.65. The van der Waals surface area contributed by atoms with Gasteiger partial charge < -0.3 is 15.3 Å². The third-order valence-electron chi connectivity index (χ3n) is 3.53. The zero-order chi connectivity index (χ0) is 12.0. The molecule has 0 fully saturated rings. The topological polar surface area (TPSA) is 60.7 Å². The molecule has 2 aromatic carbocycles. The zero-order valence-electron chi connectivity index (χ0n) is 9.30. The molecule has 2 aromatic rings. The molecule has 1 aliphatic carbocycles. The maximum Gasteiger partial charge on any atom is 0.106 e. The van der Waals surface area contributed by atoms with E-state index in [9.17, 15) is 15.3 Å². The number of hydrogen-bond donors (Lipinski definition) is 3. The SMILES string of the molecule is OCc1cc2ccccc2c2c1C(O)C(O)C2. The molecule has 1 aliphatic rings. The van der Waals surface area contributed by atoms with Gasteiger partial charge in [0.05, 0.1) is 12.7 Å². The van der Waals surface area contributed by atoms with Crippen LogP contribution >= 0.6 is 0 Å². The number of fused-ring (bicyclic) bond motifs is 3. The van der Waals surface area contributed by atoms with Crippen molar-refractivity contribution >= 4 is 10.8 Å². The molecule has 0 amide bonds. The van der Waals surface area contributed by atoms with E-state index >= 15 is 0 Å². The van der Waals surface area contributed by atoms with Gasteiger partial charge >= 0.3 is 0 Å². The lowest BCUT2D eigenvalue weighted by atomic mass is 9.95. The fraction of sp³-hybridized carbons (Fsp3) is 0.286. The molecule has 0 bridgehead atoms. The largest absolute Gasteiger partial charge is 0.392 e. The van der Waals surface area contributed by atoms with E-state index in [-0.39, 0.29) is 6.61 Å². The zero-order valence-corrected chi connectivity index (χ0v) is 9.30. The summed E-state index contributed by atoms with van der Waals surface area (Å²) in [6, 6.07) is 9.73. The predicted octanol–water partition coefficient (Wildman–Crippen LogP) is 1.28. The standard InChI is InChI=1S/C14H14O3/c15-7-9-5-8-3-1-2-4-10(8)11-6-12(16)14(17)13(9)11/h1-5,12,14-17H,6-7H2. The summed E-state index contributed by atoms with van der Waals surface area (Å²) in [6.45, 7) is -0.114. The van der Waals surface area contributed by atoms with Crippen LogP contribution < -0.4 is 0 Å². The number of aliphatic hydroxyl groups is 3. The maximum atomic E-state index is 9.96. The van der Waals surface area contributed by atoms with Crippen LogP contribution in [0.5, 0.6) is 0 Å². The van der Waals surface area contributed by atoms with Crippen LogP contribution in [0.3, 0.4) is 0 Å². The smallest absolute Gasteiger partial charge is 0.106 e. The Labute approximate surface area is 98.9 Å². The predicted molar refractivity (Wildman–Crippen MR) is 64.5 cm³/mol. The minimum Gasteiger partial charge on any atom is -0.392 e. The van der Waals surface area contributed by atoms with Crippen molar-refractivity contribution in [3.8, 4) is 0 Å². The molecule has 0 saturated heterocycles. The van der Waals surface area contributed by atoms with Gasteiger partial charge in [-0.1, -0.05) is 24.3 Å². The van der Waals surface area contributed by atoms with E-state index in [2.05, 4.69) is 0 Å². The summed E-state index contributed by atoms with van der Waals surface area (Å²) in [5.41, 5.74) is 2.38. The Morgan fingerprint density at radius 1 is 1.18 bits per heavy atom. The lowest BCUT2D eigenvalue weighted by Gasteiger charge is -2.13. The fourth-order valence-electron chi connectivity index (χ4n) is 2.73. The fourth-order valence-corrected chi connectivity index (χ4v) is 2.73. The average molecular weight is 230 g/mol. The van der Waals surface area contributed by atoms with Crippen LogP contribution in [0.1, 0.15) is 22.8 Å². The molecule has 3 rings (SSSR count). The Balaban J connectivity index is 2.37. The van der Waals surface area contributed by atoms with Crippen LogP contribution in [-0.2, 0) is 13.0 Å². The molecule has 0 heterocycles. The number of hydrogen-bond acceptors (Lipinski definition) is 3. The van der Waals surface area contributed by atoms with E-state index in [4.69, 9.17) is 0 Å². The van der Waals surface area contributed by atoms with Gasteiger partial charge in [-0.05, 0) is 33.5 Å². The Kier molecular flexibility index (Phi) is 2.40. The second-order valence-corrected chi connectivity index (χ2v) is 4.52. The lowest BCUT2D eigenvalue weighted by Crippen LogP contribution is -2.12. The maximum absolute atomic E-state index is 9.96. The molecule has 3 heteroatoms. The van der Waals surface area contributed by atoms with E-state index in [1.807, 2.05) is 30.3 Å². The highest BCUT2D eigenvalue weighted by Crippen LogP contribution is 2.38. The number of rotatable bonds is 1. The van der Waals surface area contributed by atoms with Gasteiger partial charge in [-0.3, -0.25) is 0 Å². The van der Waals surface area contributed by atoms with Gasteiger partial charge in [0.1, 0.15) is 6.10 Å². The monoisotopic (exact) mass is 230 g/mol. The van der Waals surface area contributed by atoms with Gasteiger partial charge in [-0.15, -0.1) is 0 Å². The first-order valence-corrected chi connectivity index (χ1v) is 5.72. The van der Waals surface area contributed by atoms with Gasteiger partial charge in [0, 0.05) is 6.42 Å². The summed E-state index contributed by atoms with van der Waals surface area (Å²) in [7, 11) is 0. The van der Waals surface area contributed by atoms with Crippen molar-refractivity contribution in [3.05, 3.63) is 47.0 Å². The summed E-state index contributed by atoms with van der Waals surface area (Å²) >= 11 is 0. The molecule has 2 unspecified atom stereocenters. The van der Waals surface area contributed by atoms with Crippen molar-refractivity contribution in [1.29, 1.82) is 0 Å². The third-order valence-corrected chi connectivity index (χ3v) is 3.53. The first-order valence-electron chi connectivity index (χ1n) is 5.72. The van der Waals surface area contributed by atoms with Crippen molar-refractivity contribution in [2.24, 2.45) is 0 Å². The van der Waals surface area contributed by atoms with E-state index in [1.54, 1.807) is 0 Å². The second-order valence-electron chi connectivity index (χ2n) is 4.52. The summed E-state index contributed by atoms with van der Waals surface area (Å²) < 4.78 is 0. The molecule has 0 spiro atoms.